The molecule has 0 bridgehead atoms. The van der Waals surface area contributed by atoms with Crippen molar-refractivity contribution >= 4 is 17.7 Å². The van der Waals surface area contributed by atoms with Crippen LogP contribution >= 0.6 is 0 Å². The van der Waals surface area contributed by atoms with Gasteiger partial charge in [0.25, 0.3) is 0 Å². The number of rotatable bonds is 1. The molecule has 0 fully saturated rings. The molecule has 11 heavy (non-hydrogen) atoms. The molecule has 0 N–H and O–H groups in total. The monoisotopic (exact) mass is 157 g/mol. The van der Waals surface area contributed by atoms with Crippen LogP contribution in [0.2, 0.25) is 0 Å². The number of nitrogens with zero attached hydrogens (tertiary/aromatic N) is 1. The molecule has 4 nitrogen and oxygen atoms in total. The predicted octanol–water partition coefficient (Wildman–Crippen LogP) is 0.318. The van der Waals surface area contributed by atoms with E-state index in [9.17, 15) is 14.4 Å². The molecule has 0 aromatic carbocycles. The lowest BCUT2D eigenvalue weighted by molar-refractivity contribution is -0.151. The van der Waals surface area contributed by atoms with E-state index in [0.29, 0.717) is 4.90 Å². The van der Waals surface area contributed by atoms with Crippen LogP contribution in [0.3, 0.4) is 0 Å². The van der Waals surface area contributed by atoms with Crippen molar-refractivity contribution in [1.29, 1.82) is 0 Å². The van der Waals surface area contributed by atoms with Crippen LogP contribution in [0.5, 0.6) is 0 Å². The zero-order chi connectivity index (χ0) is 9.02. The number of hydrogen-bond acceptors (Lipinski definition) is 3. The minimum Gasteiger partial charge on any atom is -0.274 e. The van der Waals surface area contributed by atoms with E-state index in [0.717, 1.165) is 0 Å². The van der Waals surface area contributed by atoms with Gasteiger partial charge < -0.3 is 0 Å². The molecule has 0 unspecified atom stereocenters. The topological polar surface area (TPSA) is 54.5 Å². The smallest absolute Gasteiger partial charge is 0.235 e. The Balaban J connectivity index is 4.47. The van der Waals surface area contributed by atoms with Crippen molar-refractivity contribution in [3.63, 3.8) is 0 Å². The standard InChI is InChI=1S/C7H11NO3/c1-4-7(11)8(5(2)9)6(3)10/h4H2,1-3H3. The lowest BCUT2D eigenvalue weighted by Crippen LogP contribution is -2.38. The van der Waals surface area contributed by atoms with E-state index in [1.165, 1.54) is 13.8 Å². The van der Waals surface area contributed by atoms with E-state index in [2.05, 4.69) is 0 Å². The minimum atomic E-state index is -0.524. The summed E-state index contributed by atoms with van der Waals surface area (Å²) in [7, 11) is 0. The fourth-order valence-corrected chi connectivity index (χ4v) is 0.731. The molecule has 0 aromatic rings. The Morgan fingerprint density at radius 3 is 1.55 bits per heavy atom. The summed E-state index contributed by atoms with van der Waals surface area (Å²) < 4.78 is 0. The van der Waals surface area contributed by atoms with Crippen LogP contribution in [0.25, 0.3) is 0 Å². The van der Waals surface area contributed by atoms with Gasteiger partial charge in [-0.15, -0.1) is 0 Å². The summed E-state index contributed by atoms with van der Waals surface area (Å²) in [6.07, 6.45) is 0.166. The van der Waals surface area contributed by atoms with Crippen molar-refractivity contribution in [1.82, 2.24) is 4.90 Å². The number of amides is 3. The summed E-state index contributed by atoms with van der Waals surface area (Å²) in [5, 5.41) is 0. The van der Waals surface area contributed by atoms with E-state index >= 15 is 0 Å². The van der Waals surface area contributed by atoms with Gasteiger partial charge in [-0.2, -0.15) is 0 Å². The van der Waals surface area contributed by atoms with Crippen molar-refractivity contribution in [2.24, 2.45) is 0 Å². The molecule has 0 saturated heterocycles. The molecule has 0 rings (SSSR count). The Bertz CT molecular complexity index is 184. The van der Waals surface area contributed by atoms with E-state index in [4.69, 9.17) is 0 Å². The maximum atomic E-state index is 10.9. The Morgan fingerprint density at radius 1 is 1.09 bits per heavy atom. The first-order valence-corrected chi connectivity index (χ1v) is 3.34. The zero-order valence-corrected chi connectivity index (χ0v) is 6.88. The molecule has 0 atom stereocenters. The summed E-state index contributed by atoms with van der Waals surface area (Å²) in [6, 6.07) is 0. The highest BCUT2D eigenvalue weighted by Gasteiger charge is 2.19. The second-order valence-corrected chi connectivity index (χ2v) is 2.12. The molecule has 0 radical (unpaired) electrons. The Hall–Kier alpha value is -1.19. The molecule has 0 aliphatic heterocycles. The number of imide groups is 3. The fraction of sp³-hybridized carbons (Fsp3) is 0.571. The van der Waals surface area contributed by atoms with Crippen molar-refractivity contribution in [3.05, 3.63) is 0 Å². The molecular formula is C7H11NO3. The molecular weight excluding hydrogens is 146 g/mol. The number of carbonyl (C=O) groups excluding carboxylic acids is 3. The molecule has 0 aromatic heterocycles. The van der Waals surface area contributed by atoms with Crippen LogP contribution in [0.4, 0.5) is 0 Å². The Morgan fingerprint density at radius 2 is 1.45 bits per heavy atom. The highest BCUT2D eigenvalue weighted by molar-refractivity contribution is 6.09. The molecule has 0 aliphatic rings. The van der Waals surface area contributed by atoms with Gasteiger partial charge in [0.05, 0.1) is 0 Å². The SMILES string of the molecule is CCC(=O)N(C(C)=O)C(C)=O. The van der Waals surface area contributed by atoms with Crippen molar-refractivity contribution in [3.8, 4) is 0 Å². The molecule has 4 heteroatoms. The third kappa shape index (κ3) is 2.49. The second-order valence-electron chi connectivity index (χ2n) is 2.12. The van der Waals surface area contributed by atoms with Crippen LogP contribution in [-0.2, 0) is 14.4 Å². The first-order valence-electron chi connectivity index (χ1n) is 3.34. The van der Waals surface area contributed by atoms with Crippen molar-refractivity contribution < 1.29 is 14.4 Å². The predicted molar refractivity (Wildman–Crippen MR) is 38.5 cm³/mol. The van der Waals surface area contributed by atoms with Gasteiger partial charge in [-0.1, -0.05) is 6.92 Å². The highest BCUT2D eigenvalue weighted by Crippen LogP contribution is 1.95. The average Bonchev–Trinajstić information content (AvgIpc) is 1.85. The van der Waals surface area contributed by atoms with Gasteiger partial charge in [0.15, 0.2) is 0 Å². The maximum Gasteiger partial charge on any atom is 0.235 e. The van der Waals surface area contributed by atoms with Crippen LogP contribution in [0.1, 0.15) is 27.2 Å². The van der Waals surface area contributed by atoms with Crippen LogP contribution in [0, 0.1) is 0 Å². The van der Waals surface area contributed by atoms with Gasteiger partial charge in [0, 0.05) is 20.3 Å². The van der Waals surface area contributed by atoms with Crippen LogP contribution < -0.4 is 0 Å². The van der Waals surface area contributed by atoms with Gasteiger partial charge in [0.2, 0.25) is 17.7 Å². The summed E-state index contributed by atoms with van der Waals surface area (Å²) in [4.78, 5) is 32.9. The maximum absolute atomic E-state index is 10.9. The van der Waals surface area contributed by atoms with E-state index < -0.39 is 17.7 Å². The normalized spacial score (nSPS) is 9.00. The van der Waals surface area contributed by atoms with Gasteiger partial charge in [-0.05, 0) is 0 Å². The molecule has 0 saturated carbocycles. The quantitative estimate of drug-likeness (QED) is 0.550. The summed E-state index contributed by atoms with van der Waals surface area (Å²) in [6.45, 7) is 3.98. The van der Waals surface area contributed by atoms with Crippen molar-refractivity contribution in [2.45, 2.75) is 27.2 Å². The van der Waals surface area contributed by atoms with Crippen LogP contribution in [0.15, 0.2) is 0 Å². The van der Waals surface area contributed by atoms with Crippen molar-refractivity contribution in [2.75, 3.05) is 0 Å². The van der Waals surface area contributed by atoms with E-state index in [1.807, 2.05) is 0 Å². The molecule has 0 heterocycles. The number of hydrogen-bond donors (Lipinski definition) is 0. The highest BCUT2D eigenvalue weighted by atomic mass is 16.2. The first-order chi connectivity index (χ1) is 5.00. The zero-order valence-electron chi connectivity index (χ0n) is 6.88. The number of carbonyl (C=O) groups is 3. The fourth-order valence-electron chi connectivity index (χ4n) is 0.731. The molecule has 0 aliphatic carbocycles. The summed E-state index contributed by atoms with van der Waals surface area (Å²) in [5.74, 6) is -1.50. The largest absolute Gasteiger partial charge is 0.274 e. The third-order valence-corrected chi connectivity index (χ3v) is 1.18. The third-order valence-electron chi connectivity index (χ3n) is 1.18. The average molecular weight is 157 g/mol. The minimum absolute atomic E-state index is 0.166. The first kappa shape index (κ1) is 9.81. The Kier molecular flexibility index (Phi) is 3.44. The van der Waals surface area contributed by atoms with Gasteiger partial charge >= 0.3 is 0 Å². The van der Waals surface area contributed by atoms with E-state index in [-0.39, 0.29) is 6.42 Å². The molecule has 3 amide bonds. The summed E-state index contributed by atoms with van der Waals surface area (Å²) >= 11 is 0. The molecule has 62 valence electrons. The Labute approximate surface area is 65.2 Å². The van der Waals surface area contributed by atoms with E-state index in [1.54, 1.807) is 6.92 Å². The van der Waals surface area contributed by atoms with Gasteiger partial charge in [-0.3, -0.25) is 14.4 Å². The lowest BCUT2D eigenvalue weighted by Gasteiger charge is -2.12. The van der Waals surface area contributed by atoms with Gasteiger partial charge in [0.1, 0.15) is 0 Å². The summed E-state index contributed by atoms with van der Waals surface area (Å²) in [5.41, 5.74) is 0. The van der Waals surface area contributed by atoms with Gasteiger partial charge in [-0.25, -0.2) is 4.90 Å². The lowest BCUT2D eigenvalue weighted by atomic mass is 10.4. The van der Waals surface area contributed by atoms with Crippen LogP contribution in [-0.4, -0.2) is 22.6 Å². The molecule has 0 spiro atoms. The second kappa shape index (κ2) is 3.85.